The minimum atomic E-state index is -3.87. The number of rotatable bonds is 6. The molecule has 0 aliphatic heterocycles. The summed E-state index contributed by atoms with van der Waals surface area (Å²) in [6.45, 7) is 0. The number of nitrogens with zero attached hydrogens (tertiary/aromatic N) is 1. The molecule has 0 aromatic heterocycles. The van der Waals surface area contributed by atoms with Gasteiger partial charge >= 0.3 is 0 Å². The second-order valence-corrected chi connectivity index (χ2v) is 6.72. The van der Waals surface area contributed by atoms with E-state index in [9.17, 15) is 18.5 Å². The summed E-state index contributed by atoms with van der Waals surface area (Å²) in [4.78, 5) is 10.4. The van der Waals surface area contributed by atoms with E-state index in [-0.39, 0.29) is 11.4 Å². The van der Waals surface area contributed by atoms with E-state index in [1.165, 1.54) is 19.2 Å². The van der Waals surface area contributed by atoms with Gasteiger partial charge in [-0.15, -0.1) is 0 Å². The summed E-state index contributed by atoms with van der Waals surface area (Å²) >= 11 is 5.94. The van der Waals surface area contributed by atoms with E-state index >= 15 is 0 Å². The molecule has 122 valence electrons. The van der Waals surface area contributed by atoms with Crippen molar-refractivity contribution in [1.29, 1.82) is 0 Å². The second kappa shape index (κ2) is 6.84. The molecule has 23 heavy (non-hydrogen) atoms. The number of sulfonamides is 1. The first kappa shape index (κ1) is 17.0. The number of nitro benzene ring substituents is 1. The topological polar surface area (TPSA) is 98.5 Å². The minimum Gasteiger partial charge on any atom is -0.496 e. The molecule has 0 saturated heterocycles. The highest BCUT2D eigenvalue weighted by Gasteiger charge is 2.21. The van der Waals surface area contributed by atoms with Crippen molar-refractivity contribution in [3.63, 3.8) is 0 Å². The number of hydrogen-bond donors (Lipinski definition) is 1. The van der Waals surface area contributed by atoms with Crippen LogP contribution < -0.4 is 9.46 Å². The zero-order chi connectivity index (χ0) is 17.0. The summed E-state index contributed by atoms with van der Waals surface area (Å²) in [6, 6.07) is 10.3. The third kappa shape index (κ3) is 4.33. The van der Waals surface area contributed by atoms with Gasteiger partial charge in [-0.05, 0) is 23.8 Å². The van der Waals surface area contributed by atoms with Gasteiger partial charge in [-0.3, -0.25) is 14.8 Å². The third-order valence-electron chi connectivity index (χ3n) is 2.97. The Morgan fingerprint density at radius 1 is 1.26 bits per heavy atom. The van der Waals surface area contributed by atoms with Crippen molar-refractivity contribution in [2.45, 2.75) is 5.75 Å². The molecule has 0 atom stereocenters. The van der Waals surface area contributed by atoms with E-state index in [1.807, 2.05) is 0 Å². The summed E-state index contributed by atoms with van der Waals surface area (Å²) in [6.07, 6.45) is 0. The summed E-state index contributed by atoms with van der Waals surface area (Å²) in [5, 5.41) is 11.4. The smallest absolute Gasteiger partial charge is 0.297 e. The quantitative estimate of drug-likeness (QED) is 0.633. The fourth-order valence-electron chi connectivity index (χ4n) is 1.90. The predicted octanol–water partition coefficient (Wildman–Crippen LogP) is 3.20. The van der Waals surface area contributed by atoms with Crippen molar-refractivity contribution in [2.75, 3.05) is 11.8 Å². The number of anilines is 1. The van der Waals surface area contributed by atoms with Gasteiger partial charge in [0.2, 0.25) is 10.0 Å². The van der Waals surface area contributed by atoms with Crippen LogP contribution >= 0.6 is 11.6 Å². The Morgan fingerprint density at radius 3 is 2.57 bits per heavy atom. The summed E-state index contributed by atoms with van der Waals surface area (Å²) < 4.78 is 31.6. The lowest BCUT2D eigenvalue weighted by Crippen LogP contribution is -2.16. The van der Waals surface area contributed by atoms with Crippen LogP contribution in [0.25, 0.3) is 0 Å². The lowest BCUT2D eigenvalue weighted by Gasteiger charge is -2.10. The molecule has 0 fully saturated rings. The third-order valence-corrected chi connectivity index (χ3v) is 4.56. The highest BCUT2D eigenvalue weighted by atomic mass is 35.5. The maximum absolute atomic E-state index is 12.2. The SMILES string of the molecule is COc1ccc(NS(=O)(=O)Cc2ccccc2Cl)c([N+](=O)[O-])c1. The molecule has 9 heteroatoms. The van der Waals surface area contributed by atoms with Crippen LogP contribution in [-0.2, 0) is 15.8 Å². The maximum Gasteiger partial charge on any atom is 0.297 e. The van der Waals surface area contributed by atoms with Crippen LogP contribution in [0.15, 0.2) is 42.5 Å². The summed E-state index contributed by atoms with van der Waals surface area (Å²) in [7, 11) is -2.50. The van der Waals surface area contributed by atoms with Gasteiger partial charge in [-0.2, -0.15) is 0 Å². The van der Waals surface area contributed by atoms with Crippen molar-refractivity contribution >= 4 is 33.0 Å². The number of nitro groups is 1. The fraction of sp³-hybridized carbons (Fsp3) is 0.143. The Balaban J connectivity index is 2.30. The molecule has 1 N–H and O–H groups in total. The van der Waals surface area contributed by atoms with Crippen molar-refractivity contribution in [1.82, 2.24) is 0 Å². The summed E-state index contributed by atoms with van der Waals surface area (Å²) in [5.74, 6) is -0.138. The first-order chi connectivity index (χ1) is 10.8. The molecule has 2 aromatic carbocycles. The van der Waals surface area contributed by atoms with E-state index in [0.717, 1.165) is 6.07 Å². The second-order valence-electron chi connectivity index (χ2n) is 4.59. The number of ether oxygens (including phenoxy) is 1. The van der Waals surface area contributed by atoms with Crippen LogP contribution in [-0.4, -0.2) is 20.5 Å². The van der Waals surface area contributed by atoms with Crippen molar-refractivity contribution in [3.05, 3.63) is 63.2 Å². The number of halogens is 1. The van der Waals surface area contributed by atoms with E-state index in [2.05, 4.69) is 4.72 Å². The molecule has 0 aliphatic carbocycles. The fourth-order valence-corrected chi connectivity index (χ4v) is 3.42. The molecule has 0 radical (unpaired) electrons. The number of benzene rings is 2. The average Bonchev–Trinajstić information content (AvgIpc) is 2.49. The van der Waals surface area contributed by atoms with Crippen LogP contribution in [0.4, 0.5) is 11.4 Å². The van der Waals surface area contributed by atoms with E-state index in [1.54, 1.807) is 24.3 Å². The molecule has 7 nitrogen and oxygen atoms in total. The average molecular weight is 357 g/mol. The highest BCUT2D eigenvalue weighted by Crippen LogP contribution is 2.30. The molecule has 0 amide bonds. The molecule has 2 aromatic rings. The predicted molar refractivity (Wildman–Crippen MR) is 87.3 cm³/mol. The molecule has 0 saturated carbocycles. The van der Waals surface area contributed by atoms with Gasteiger partial charge in [0.1, 0.15) is 11.4 Å². The lowest BCUT2D eigenvalue weighted by molar-refractivity contribution is -0.384. The Labute approximate surface area is 138 Å². The monoisotopic (exact) mass is 356 g/mol. The van der Waals surface area contributed by atoms with Crippen molar-refractivity contribution in [2.24, 2.45) is 0 Å². The highest BCUT2D eigenvalue weighted by molar-refractivity contribution is 7.91. The van der Waals surface area contributed by atoms with Gasteiger partial charge in [-0.25, -0.2) is 8.42 Å². The van der Waals surface area contributed by atoms with Gasteiger partial charge in [0, 0.05) is 5.02 Å². The van der Waals surface area contributed by atoms with Gasteiger partial charge < -0.3 is 4.74 Å². The van der Waals surface area contributed by atoms with E-state index in [0.29, 0.717) is 10.6 Å². The number of nitrogens with one attached hydrogen (secondary N) is 1. The number of hydrogen-bond acceptors (Lipinski definition) is 5. The normalized spacial score (nSPS) is 11.0. The van der Waals surface area contributed by atoms with Gasteiger partial charge in [0.25, 0.3) is 5.69 Å². The first-order valence-corrected chi connectivity index (χ1v) is 8.42. The molecule has 0 unspecified atom stereocenters. The molecule has 2 rings (SSSR count). The van der Waals surface area contributed by atoms with Gasteiger partial charge in [-0.1, -0.05) is 29.8 Å². The number of methoxy groups -OCH3 is 1. The first-order valence-electron chi connectivity index (χ1n) is 6.39. The van der Waals surface area contributed by atoms with Crippen molar-refractivity contribution < 1.29 is 18.1 Å². The standard InChI is InChI=1S/C14H13ClN2O5S/c1-22-11-6-7-13(14(8-11)17(18)19)16-23(20,21)9-10-4-2-3-5-12(10)15/h2-8,16H,9H2,1H3. The Morgan fingerprint density at radius 2 is 1.96 bits per heavy atom. The molecule has 0 bridgehead atoms. The van der Waals surface area contributed by atoms with Crippen LogP contribution in [0, 0.1) is 10.1 Å². The Bertz CT molecular complexity index is 839. The maximum atomic E-state index is 12.2. The van der Waals surface area contributed by atoms with Crippen LogP contribution in [0.5, 0.6) is 5.75 Å². The molecular formula is C14H13ClN2O5S. The van der Waals surface area contributed by atoms with Crippen LogP contribution in [0.1, 0.15) is 5.56 Å². The zero-order valence-electron chi connectivity index (χ0n) is 12.0. The summed E-state index contributed by atoms with van der Waals surface area (Å²) in [5.41, 5.74) is -0.132. The molecular weight excluding hydrogens is 344 g/mol. The van der Waals surface area contributed by atoms with Crippen LogP contribution in [0.3, 0.4) is 0 Å². The minimum absolute atomic E-state index is 0.136. The van der Waals surface area contributed by atoms with E-state index in [4.69, 9.17) is 16.3 Å². The molecule has 0 spiro atoms. The van der Waals surface area contributed by atoms with Crippen molar-refractivity contribution in [3.8, 4) is 5.75 Å². The molecule has 0 aliphatic rings. The Hall–Kier alpha value is -2.32. The Kier molecular flexibility index (Phi) is 5.07. The lowest BCUT2D eigenvalue weighted by atomic mass is 10.2. The van der Waals surface area contributed by atoms with E-state index < -0.39 is 26.4 Å². The van der Waals surface area contributed by atoms with Crippen LogP contribution in [0.2, 0.25) is 5.02 Å². The largest absolute Gasteiger partial charge is 0.496 e. The zero-order valence-corrected chi connectivity index (χ0v) is 13.6. The van der Waals surface area contributed by atoms with Gasteiger partial charge in [0.15, 0.2) is 0 Å². The molecule has 0 heterocycles. The van der Waals surface area contributed by atoms with Gasteiger partial charge in [0.05, 0.1) is 23.9 Å².